The first-order valence-electron chi connectivity index (χ1n) is 9.56. The van der Waals surface area contributed by atoms with E-state index < -0.39 is 5.41 Å². The molecule has 1 saturated carbocycles. The Kier molecular flexibility index (Phi) is 4.78. The molecule has 0 radical (unpaired) electrons. The number of benzene rings is 1. The zero-order valence-corrected chi connectivity index (χ0v) is 14.7. The molecule has 25 heavy (non-hydrogen) atoms. The van der Waals surface area contributed by atoms with Crippen LogP contribution in [0.15, 0.2) is 24.3 Å². The van der Waals surface area contributed by atoms with Gasteiger partial charge in [-0.15, -0.1) is 0 Å². The summed E-state index contributed by atoms with van der Waals surface area (Å²) in [7, 11) is 0. The highest BCUT2D eigenvalue weighted by molar-refractivity contribution is 5.88. The molecule has 0 aromatic heterocycles. The summed E-state index contributed by atoms with van der Waals surface area (Å²) in [5.74, 6) is -0.175. The molecule has 2 aliphatic heterocycles. The largest absolute Gasteiger partial charge is 0.381 e. The third-order valence-electron chi connectivity index (χ3n) is 6.11. The molecule has 0 bridgehead atoms. The van der Waals surface area contributed by atoms with Crippen molar-refractivity contribution >= 4 is 5.91 Å². The molecule has 1 amide bonds. The van der Waals surface area contributed by atoms with E-state index in [1.54, 1.807) is 12.1 Å². The van der Waals surface area contributed by atoms with Gasteiger partial charge in [0.2, 0.25) is 5.91 Å². The number of nitrogens with zero attached hydrogens (tertiary/aromatic N) is 1. The van der Waals surface area contributed by atoms with Crippen LogP contribution in [0.3, 0.4) is 0 Å². The van der Waals surface area contributed by atoms with Crippen molar-refractivity contribution in [1.82, 2.24) is 10.2 Å². The number of carbonyl (C=O) groups is 1. The van der Waals surface area contributed by atoms with Gasteiger partial charge in [-0.25, -0.2) is 4.39 Å². The summed E-state index contributed by atoms with van der Waals surface area (Å²) in [6, 6.07) is 7.48. The molecule has 1 aliphatic carbocycles. The lowest BCUT2D eigenvalue weighted by atomic mass is 9.73. The van der Waals surface area contributed by atoms with Gasteiger partial charge < -0.3 is 15.0 Å². The summed E-state index contributed by atoms with van der Waals surface area (Å²) >= 11 is 0. The number of carbonyl (C=O) groups excluding carboxylic acids is 1. The monoisotopic (exact) mass is 346 g/mol. The first-order valence-corrected chi connectivity index (χ1v) is 9.56. The van der Waals surface area contributed by atoms with E-state index in [2.05, 4.69) is 10.2 Å². The van der Waals surface area contributed by atoms with Gasteiger partial charge in [0.1, 0.15) is 5.82 Å². The molecular formula is C20H27FN2O2. The van der Waals surface area contributed by atoms with Crippen LogP contribution in [0.25, 0.3) is 0 Å². The van der Waals surface area contributed by atoms with Crippen molar-refractivity contribution in [2.24, 2.45) is 0 Å². The third-order valence-corrected chi connectivity index (χ3v) is 6.11. The maximum Gasteiger partial charge on any atom is 0.231 e. The van der Waals surface area contributed by atoms with E-state index >= 15 is 0 Å². The first-order chi connectivity index (χ1) is 12.2. The minimum absolute atomic E-state index is 0.0901. The fourth-order valence-electron chi connectivity index (χ4n) is 4.31. The van der Waals surface area contributed by atoms with Crippen LogP contribution in [0.1, 0.15) is 44.1 Å². The summed E-state index contributed by atoms with van der Waals surface area (Å²) in [5, 5.41) is 3.31. The van der Waals surface area contributed by atoms with Crippen LogP contribution in [0.2, 0.25) is 0 Å². The molecule has 0 unspecified atom stereocenters. The number of ether oxygens (including phenoxy) is 1. The average Bonchev–Trinajstić information content (AvgIpc) is 3.49. The average molecular weight is 346 g/mol. The summed E-state index contributed by atoms with van der Waals surface area (Å²) in [4.78, 5) is 15.8. The van der Waals surface area contributed by atoms with Crippen LogP contribution < -0.4 is 5.32 Å². The lowest BCUT2D eigenvalue weighted by Crippen LogP contribution is -2.53. The Hall–Kier alpha value is -1.46. The number of hydrogen-bond acceptors (Lipinski definition) is 3. The Morgan fingerprint density at radius 3 is 2.32 bits per heavy atom. The molecule has 1 aromatic rings. The summed E-state index contributed by atoms with van der Waals surface area (Å²) in [6.07, 6.45) is 6.04. The predicted molar refractivity (Wildman–Crippen MR) is 93.9 cm³/mol. The lowest BCUT2D eigenvalue weighted by Gasteiger charge is -2.39. The van der Waals surface area contributed by atoms with Gasteiger partial charge in [0, 0.05) is 38.4 Å². The second-order valence-corrected chi connectivity index (χ2v) is 7.72. The fourth-order valence-corrected chi connectivity index (χ4v) is 4.31. The van der Waals surface area contributed by atoms with Crippen molar-refractivity contribution in [1.29, 1.82) is 0 Å². The van der Waals surface area contributed by atoms with E-state index in [1.807, 2.05) is 0 Å². The number of likely N-dealkylation sites (tertiary alicyclic amines) is 1. The van der Waals surface area contributed by atoms with Gasteiger partial charge in [-0.05, 0) is 56.2 Å². The first kappa shape index (κ1) is 17.0. The maximum atomic E-state index is 13.3. The van der Waals surface area contributed by atoms with Crippen LogP contribution in [0.4, 0.5) is 4.39 Å². The van der Waals surface area contributed by atoms with Crippen LogP contribution in [0, 0.1) is 5.82 Å². The molecule has 1 aromatic carbocycles. The van der Waals surface area contributed by atoms with Gasteiger partial charge in [0.25, 0.3) is 0 Å². The van der Waals surface area contributed by atoms with Crippen molar-refractivity contribution < 1.29 is 13.9 Å². The second-order valence-electron chi connectivity index (χ2n) is 7.72. The summed E-state index contributed by atoms with van der Waals surface area (Å²) < 4.78 is 18.8. The molecule has 4 rings (SSSR count). The van der Waals surface area contributed by atoms with E-state index in [9.17, 15) is 9.18 Å². The highest BCUT2D eigenvalue weighted by Crippen LogP contribution is 2.36. The molecule has 4 nitrogen and oxygen atoms in total. The Balaban J connectivity index is 1.45. The molecule has 0 spiro atoms. The summed E-state index contributed by atoms with van der Waals surface area (Å²) in [5.41, 5.74) is 0.324. The smallest absolute Gasteiger partial charge is 0.231 e. The SMILES string of the molecule is O=C(NC1CCN(C2CC2)CC1)C1(c2ccc(F)cc2)CCOCC1. The molecule has 136 valence electrons. The Labute approximate surface area is 148 Å². The Bertz CT molecular complexity index is 601. The normalized spacial score (nSPS) is 24.8. The van der Waals surface area contributed by atoms with Crippen molar-refractivity contribution in [2.75, 3.05) is 26.3 Å². The number of halogens is 1. The van der Waals surface area contributed by atoms with Crippen molar-refractivity contribution in [3.63, 3.8) is 0 Å². The topological polar surface area (TPSA) is 41.6 Å². The van der Waals surface area contributed by atoms with Gasteiger partial charge in [-0.3, -0.25) is 4.79 Å². The molecule has 2 heterocycles. The number of amides is 1. The molecular weight excluding hydrogens is 319 g/mol. The standard InChI is InChI=1S/C20H27FN2O2/c21-16-3-1-15(2-4-16)20(9-13-25-14-10-20)19(24)22-17-7-11-23(12-8-17)18-5-6-18/h1-4,17-18H,5-14H2,(H,22,24). The van der Waals surface area contributed by atoms with Gasteiger partial charge in [-0.1, -0.05) is 12.1 Å². The zero-order chi connectivity index (χ0) is 17.3. The third kappa shape index (κ3) is 3.58. The number of nitrogens with one attached hydrogen (secondary N) is 1. The maximum absolute atomic E-state index is 13.3. The Morgan fingerprint density at radius 1 is 1.08 bits per heavy atom. The highest BCUT2D eigenvalue weighted by atomic mass is 19.1. The number of piperidine rings is 1. The molecule has 2 saturated heterocycles. The van der Waals surface area contributed by atoms with Gasteiger partial charge in [0.05, 0.1) is 5.41 Å². The van der Waals surface area contributed by atoms with Crippen LogP contribution in [-0.4, -0.2) is 49.2 Å². The molecule has 0 atom stereocenters. The van der Waals surface area contributed by atoms with Gasteiger partial charge >= 0.3 is 0 Å². The van der Waals surface area contributed by atoms with E-state index in [-0.39, 0.29) is 17.8 Å². The van der Waals surface area contributed by atoms with Crippen LogP contribution in [-0.2, 0) is 14.9 Å². The lowest BCUT2D eigenvalue weighted by molar-refractivity contribution is -0.131. The van der Waals surface area contributed by atoms with Gasteiger partial charge in [0.15, 0.2) is 0 Å². The molecule has 1 N–H and O–H groups in total. The van der Waals surface area contributed by atoms with E-state index in [4.69, 9.17) is 4.74 Å². The quantitative estimate of drug-likeness (QED) is 0.911. The zero-order valence-electron chi connectivity index (χ0n) is 14.7. The number of rotatable bonds is 4. The van der Waals surface area contributed by atoms with E-state index in [1.165, 1.54) is 25.0 Å². The minimum Gasteiger partial charge on any atom is -0.381 e. The highest BCUT2D eigenvalue weighted by Gasteiger charge is 2.43. The van der Waals surface area contributed by atoms with Crippen LogP contribution in [0.5, 0.6) is 0 Å². The van der Waals surface area contributed by atoms with Crippen LogP contribution >= 0.6 is 0 Å². The predicted octanol–water partition coefficient (Wildman–Crippen LogP) is 2.62. The molecule has 5 heteroatoms. The van der Waals surface area contributed by atoms with E-state index in [0.717, 1.165) is 37.5 Å². The van der Waals surface area contributed by atoms with E-state index in [0.29, 0.717) is 26.1 Å². The number of hydrogen-bond donors (Lipinski definition) is 1. The molecule has 3 fully saturated rings. The van der Waals surface area contributed by atoms with Crippen molar-refractivity contribution in [3.05, 3.63) is 35.6 Å². The van der Waals surface area contributed by atoms with Crippen molar-refractivity contribution in [2.45, 2.75) is 56.0 Å². The fraction of sp³-hybridized carbons (Fsp3) is 0.650. The Morgan fingerprint density at radius 2 is 1.72 bits per heavy atom. The summed E-state index contributed by atoms with van der Waals surface area (Å²) in [6.45, 7) is 3.32. The molecule has 3 aliphatic rings. The van der Waals surface area contributed by atoms with Crippen molar-refractivity contribution in [3.8, 4) is 0 Å². The second kappa shape index (κ2) is 7.04. The van der Waals surface area contributed by atoms with Gasteiger partial charge in [-0.2, -0.15) is 0 Å². The minimum atomic E-state index is -0.584.